The normalized spacial score (nSPS) is 15.0. The van der Waals surface area contributed by atoms with Gasteiger partial charge in [-0.1, -0.05) is 18.2 Å². The third kappa shape index (κ3) is 4.78. The molecule has 0 bridgehead atoms. The summed E-state index contributed by atoms with van der Waals surface area (Å²) in [6, 6.07) is 17.0. The number of H-pyrrole nitrogens is 1. The van der Waals surface area contributed by atoms with Crippen molar-refractivity contribution in [2.24, 2.45) is 0 Å². The molecule has 5 rings (SSSR count). The van der Waals surface area contributed by atoms with Gasteiger partial charge in [0.1, 0.15) is 29.2 Å². The van der Waals surface area contributed by atoms with Crippen molar-refractivity contribution < 1.29 is 22.3 Å². The van der Waals surface area contributed by atoms with E-state index in [-0.39, 0.29) is 17.7 Å². The summed E-state index contributed by atoms with van der Waals surface area (Å²) >= 11 is 0. The fraction of sp³-hybridized carbons (Fsp3) is 0.240. The summed E-state index contributed by atoms with van der Waals surface area (Å²) in [5, 5.41) is 3.34. The van der Waals surface area contributed by atoms with Crippen LogP contribution in [0.3, 0.4) is 0 Å². The van der Waals surface area contributed by atoms with Crippen LogP contribution < -0.4 is 15.0 Å². The first kappa shape index (κ1) is 22.1. The third-order valence-electron chi connectivity index (χ3n) is 5.86. The highest BCUT2D eigenvalue weighted by Crippen LogP contribution is 2.34. The Kier molecular flexibility index (Phi) is 5.77. The number of hydrogen-bond donors (Lipinski definition) is 2. The Morgan fingerprint density at radius 3 is 2.50 bits per heavy atom. The fourth-order valence-electron chi connectivity index (χ4n) is 4.15. The molecule has 0 aliphatic carbocycles. The summed E-state index contributed by atoms with van der Waals surface area (Å²) in [7, 11) is 0. The molecule has 2 aromatic carbocycles. The molecule has 2 aromatic heterocycles. The quantitative estimate of drug-likeness (QED) is 0.327. The van der Waals surface area contributed by atoms with Gasteiger partial charge in [0, 0.05) is 55.0 Å². The van der Waals surface area contributed by atoms with Crippen molar-refractivity contribution in [3.05, 3.63) is 78.4 Å². The number of anilines is 3. The SMILES string of the molecule is Fc1c[nH]c2cc(Nc3cc(N4CCC(Oc5ccccc5)CC4)cc(C(F)(F)F)n3)ccc12. The summed E-state index contributed by atoms with van der Waals surface area (Å²) in [6.45, 7) is 1.12. The zero-order valence-electron chi connectivity index (χ0n) is 18.1. The van der Waals surface area contributed by atoms with E-state index >= 15 is 0 Å². The number of aromatic amines is 1. The molecule has 4 aromatic rings. The maximum Gasteiger partial charge on any atom is 0.433 e. The third-order valence-corrected chi connectivity index (χ3v) is 5.86. The Morgan fingerprint density at radius 1 is 1.00 bits per heavy atom. The Labute approximate surface area is 193 Å². The van der Waals surface area contributed by atoms with E-state index in [1.54, 1.807) is 24.3 Å². The van der Waals surface area contributed by atoms with Gasteiger partial charge in [-0.05, 0) is 36.4 Å². The number of ether oxygens (including phenoxy) is 1. The highest BCUT2D eigenvalue weighted by Gasteiger charge is 2.34. The minimum absolute atomic E-state index is 0.00749. The van der Waals surface area contributed by atoms with Crippen LogP contribution in [0.15, 0.2) is 66.9 Å². The second kappa shape index (κ2) is 8.89. The van der Waals surface area contributed by atoms with Gasteiger partial charge < -0.3 is 19.9 Å². The lowest BCUT2D eigenvalue weighted by molar-refractivity contribution is -0.141. The van der Waals surface area contributed by atoms with E-state index in [0.29, 0.717) is 48.2 Å². The monoisotopic (exact) mass is 470 g/mol. The Bertz CT molecular complexity index is 1280. The molecular weight excluding hydrogens is 448 g/mol. The van der Waals surface area contributed by atoms with E-state index in [1.807, 2.05) is 35.2 Å². The van der Waals surface area contributed by atoms with Crippen LogP contribution in [0, 0.1) is 5.82 Å². The van der Waals surface area contributed by atoms with Crippen molar-refractivity contribution in [1.29, 1.82) is 0 Å². The number of benzene rings is 2. The number of piperidine rings is 1. The van der Waals surface area contributed by atoms with Gasteiger partial charge in [0.05, 0.1) is 5.52 Å². The largest absolute Gasteiger partial charge is 0.490 e. The number of fused-ring (bicyclic) bond motifs is 1. The van der Waals surface area contributed by atoms with E-state index in [2.05, 4.69) is 15.3 Å². The Hall–Kier alpha value is -3.75. The Morgan fingerprint density at radius 2 is 1.76 bits per heavy atom. The first-order valence-corrected chi connectivity index (χ1v) is 10.9. The molecule has 0 atom stereocenters. The molecule has 9 heteroatoms. The van der Waals surface area contributed by atoms with Gasteiger partial charge in [0.15, 0.2) is 0 Å². The minimum Gasteiger partial charge on any atom is -0.490 e. The minimum atomic E-state index is -4.59. The molecule has 1 saturated heterocycles. The van der Waals surface area contributed by atoms with E-state index in [1.165, 1.54) is 6.20 Å². The van der Waals surface area contributed by atoms with E-state index < -0.39 is 11.9 Å². The number of nitrogens with zero attached hydrogens (tertiary/aromatic N) is 2. The average molecular weight is 470 g/mol. The van der Waals surface area contributed by atoms with Crippen LogP contribution in [-0.2, 0) is 6.18 Å². The first-order valence-electron chi connectivity index (χ1n) is 10.9. The number of alkyl halides is 3. The molecule has 0 saturated carbocycles. The predicted molar refractivity (Wildman–Crippen MR) is 123 cm³/mol. The summed E-state index contributed by atoms with van der Waals surface area (Å²) < 4.78 is 60.5. The fourth-order valence-corrected chi connectivity index (χ4v) is 4.15. The molecule has 5 nitrogen and oxygen atoms in total. The first-order chi connectivity index (χ1) is 16.3. The van der Waals surface area contributed by atoms with Crippen LogP contribution in [0.25, 0.3) is 10.9 Å². The van der Waals surface area contributed by atoms with Crippen molar-refractivity contribution in [1.82, 2.24) is 9.97 Å². The maximum atomic E-state index is 13.7. The molecule has 176 valence electrons. The smallest absolute Gasteiger partial charge is 0.433 e. The van der Waals surface area contributed by atoms with Gasteiger partial charge in [0.2, 0.25) is 0 Å². The van der Waals surface area contributed by atoms with Crippen LogP contribution in [-0.4, -0.2) is 29.2 Å². The molecule has 3 heterocycles. The lowest BCUT2D eigenvalue weighted by Gasteiger charge is -2.34. The highest BCUT2D eigenvalue weighted by molar-refractivity contribution is 5.84. The molecule has 34 heavy (non-hydrogen) atoms. The van der Waals surface area contributed by atoms with Gasteiger partial charge >= 0.3 is 6.18 Å². The van der Waals surface area contributed by atoms with Crippen LogP contribution in [0.1, 0.15) is 18.5 Å². The molecule has 1 aliphatic heterocycles. The number of para-hydroxylation sites is 1. The summed E-state index contributed by atoms with van der Waals surface area (Å²) in [5.41, 5.74) is 0.509. The summed E-state index contributed by atoms with van der Waals surface area (Å²) in [4.78, 5) is 8.49. The molecular formula is C25H22F4N4O. The highest BCUT2D eigenvalue weighted by atomic mass is 19.4. The Balaban J connectivity index is 1.35. The van der Waals surface area contributed by atoms with Crippen molar-refractivity contribution in [2.75, 3.05) is 23.3 Å². The average Bonchev–Trinajstić information content (AvgIpc) is 3.19. The maximum absolute atomic E-state index is 13.7. The van der Waals surface area contributed by atoms with E-state index in [0.717, 1.165) is 11.8 Å². The lowest BCUT2D eigenvalue weighted by atomic mass is 10.1. The number of pyridine rings is 1. The zero-order valence-corrected chi connectivity index (χ0v) is 18.1. The number of nitrogens with one attached hydrogen (secondary N) is 2. The molecule has 1 fully saturated rings. The van der Waals surface area contributed by atoms with Crippen LogP contribution in [0.4, 0.5) is 34.8 Å². The van der Waals surface area contributed by atoms with Gasteiger partial charge in [0.25, 0.3) is 0 Å². The standard InChI is InChI=1S/C25H22F4N4O/c26-21-15-30-22-12-16(6-7-20(21)22)31-24-14-17(13-23(32-24)25(27,28)29)33-10-8-19(9-11-33)34-18-4-2-1-3-5-18/h1-7,12-15,19,30H,8-11H2,(H,31,32). The summed E-state index contributed by atoms with van der Waals surface area (Å²) in [6.07, 6.45) is -1.96. The second-order valence-corrected chi connectivity index (χ2v) is 8.23. The van der Waals surface area contributed by atoms with Gasteiger partial charge in [-0.25, -0.2) is 9.37 Å². The van der Waals surface area contributed by atoms with E-state index in [4.69, 9.17) is 4.74 Å². The van der Waals surface area contributed by atoms with Crippen LogP contribution in [0.2, 0.25) is 0 Å². The number of rotatable bonds is 5. The van der Waals surface area contributed by atoms with Crippen molar-refractivity contribution in [3.63, 3.8) is 0 Å². The van der Waals surface area contributed by atoms with Gasteiger partial charge in [-0.3, -0.25) is 0 Å². The predicted octanol–water partition coefficient (Wildman–Crippen LogP) is 6.51. The lowest BCUT2D eigenvalue weighted by Crippen LogP contribution is -2.38. The van der Waals surface area contributed by atoms with Crippen molar-refractivity contribution in [3.8, 4) is 5.75 Å². The van der Waals surface area contributed by atoms with Gasteiger partial charge in [-0.15, -0.1) is 0 Å². The van der Waals surface area contributed by atoms with Crippen molar-refractivity contribution in [2.45, 2.75) is 25.1 Å². The zero-order chi connectivity index (χ0) is 23.7. The number of hydrogen-bond acceptors (Lipinski definition) is 4. The molecule has 0 radical (unpaired) electrons. The summed E-state index contributed by atoms with van der Waals surface area (Å²) in [5.74, 6) is 0.467. The number of halogens is 4. The molecule has 2 N–H and O–H groups in total. The second-order valence-electron chi connectivity index (χ2n) is 8.23. The molecule has 0 unspecified atom stereocenters. The van der Waals surface area contributed by atoms with Crippen LogP contribution >= 0.6 is 0 Å². The number of aromatic nitrogens is 2. The molecule has 0 spiro atoms. The molecule has 0 amide bonds. The topological polar surface area (TPSA) is 53.2 Å². The molecule has 1 aliphatic rings. The van der Waals surface area contributed by atoms with E-state index in [9.17, 15) is 17.6 Å². The van der Waals surface area contributed by atoms with Crippen LogP contribution in [0.5, 0.6) is 5.75 Å². The van der Waals surface area contributed by atoms with Crippen molar-refractivity contribution >= 4 is 28.1 Å². The van der Waals surface area contributed by atoms with Gasteiger partial charge in [-0.2, -0.15) is 13.2 Å².